The minimum absolute atomic E-state index is 0.0714. The molecule has 0 radical (unpaired) electrons. The SMILES string of the molecule is CCCCOc1ccc(C2/C(=C(\O)c3c(C)nc4ccccn34)C(=O)C(=O)N2CCN(C)C)cc1. The normalized spacial score (nSPS) is 17.6. The molecule has 3 heterocycles. The Balaban J connectivity index is 1.81. The van der Waals surface area contributed by atoms with Crippen LogP contribution in [0.5, 0.6) is 5.75 Å². The Labute approximate surface area is 205 Å². The number of unbranched alkanes of at least 4 members (excludes halogenated alkanes) is 1. The van der Waals surface area contributed by atoms with Gasteiger partial charge in [-0.15, -0.1) is 0 Å². The van der Waals surface area contributed by atoms with Gasteiger partial charge in [-0.25, -0.2) is 4.98 Å². The zero-order valence-corrected chi connectivity index (χ0v) is 20.7. The van der Waals surface area contributed by atoms with Crippen molar-refractivity contribution in [1.82, 2.24) is 19.2 Å². The van der Waals surface area contributed by atoms with Crippen LogP contribution in [0.1, 0.15) is 42.8 Å². The van der Waals surface area contributed by atoms with Crippen molar-refractivity contribution in [2.75, 3.05) is 33.8 Å². The molecule has 1 atom stereocenters. The molecule has 1 aliphatic heterocycles. The number of hydrogen-bond acceptors (Lipinski definition) is 6. The van der Waals surface area contributed by atoms with Crippen LogP contribution >= 0.6 is 0 Å². The van der Waals surface area contributed by atoms with E-state index in [0.717, 1.165) is 24.2 Å². The van der Waals surface area contributed by atoms with E-state index in [9.17, 15) is 14.7 Å². The number of carbonyl (C=O) groups is 2. The molecule has 0 aliphatic carbocycles. The van der Waals surface area contributed by atoms with Gasteiger partial charge >= 0.3 is 0 Å². The van der Waals surface area contributed by atoms with Crippen LogP contribution < -0.4 is 4.74 Å². The number of ketones is 1. The number of fused-ring (bicyclic) bond motifs is 1. The molecular formula is C27H32N4O4. The van der Waals surface area contributed by atoms with E-state index in [0.29, 0.717) is 36.7 Å². The first-order valence-electron chi connectivity index (χ1n) is 11.9. The number of carbonyl (C=O) groups excluding carboxylic acids is 2. The van der Waals surface area contributed by atoms with E-state index in [2.05, 4.69) is 11.9 Å². The molecule has 2 aromatic heterocycles. The number of nitrogens with zero attached hydrogens (tertiary/aromatic N) is 4. The summed E-state index contributed by atoms with van der Waals surface area (Å²) in [5, 5.41) is 11.5. The summed E-state index contributed by atoms with van der Waals surface area (Å²) in [5.74, 6) is -0.807. The summed E-state index contributed by atoms with van der Waals surface area (Å²) < 4.78 is 7.52. The van der Waals surface area contributed by atoms with Gasteiger partial charge in [0.25, 0.3) is 11.7 Å². The van der Waals surface area contributed by atoms with Gasteiger partial charge < -0.3 is 19.6 Å². The number of hydrogen-bond donors (Lipinski definition) is 1. The summed E-state index contributed by atoms with van der Waals surface area (Å²) in [6.45, 7) is 5.44. The highest BCUT2D eigenvalue weighted by Crippen LogP contribution is 2.40. The molecule has 1 N–H and O–H groups in total. The van der Waals surface area contributed by atoms with Gasteiger partial charge in [0.05, 0.1) is 23.9 Å². The van der Waals surface area contributed by atoms with Crippen molar-refractivity contribution < 1.29 is 19.4 Å². The maximum absolute atomic E-state index is 13.3. The molecule has 35 heavy (non-hydrogen) atoms. The lowest BCUT2D eigenvalue weighted by Crippen LogP contribution is -2.35. The third kappa shape index (κ3) is 4.79. The van der Waals surface area contributed by atoms with Gasteiger partial charge in [-0.1, -0.05) is 31.5 Å². The monoisotopic (exact) mass is 476 g/mol. The zero-order valence-electron chi connectivity index (χ0n) is 20.7. The fraction of sp³-hybridized carbons (Fsp3) is 0.370. The fourth-order valence-corrected chi connectivity index (χ4v) is 4.37. The third-order valence-corrected chi connectivity index (χ3v) is 6.22. The van der Waals surface area contributed by atoms with Crippen molar-refractivity contribution >= 4 is 23.1 Å². The van der Waals surface area contributed by atoms with Gasteiger partial charge in [-0.05, 0) is 57.3 Å². The number of Topliss-reactive ketones (excluding diaryl/α,β-unsaturated/α-hetero) is 1. The van der Waals surface area contributed by atoms with Crippen molar-refractivity contribution in [2.24, 2.45) is 0 Å². The number of aliphatic hydroxyl groups excluding tert-OH is 1. The van der Waals surface area contributed by atoms with Crippen LogP contribution in [0.25, 0.3) is 11.4 Å². The van der Waals surface area contributed by atoms with Crippen LogP contribution in [0.3, 0.4) is 0 Å². The number of imidazole rings is 1. The fourth-order valence-electron chi connectivity index (χ4n) is 4.37. The Hall–Kier alpha value is -3.65. The average molecular weight is 477 g/mol. The average Bonchev–Trinajstić information content (AvgIpc) is 3.31. The lowest BCUT2D eigenvalue weighted by atomic mass is 9.96. The van der Waals surface area contributed by atoms with Crippen LogP contribution in [0.2, 0.25) is 0 Å². The van der Waals surface area contributed by atoms with Gasteiger partial charge in [-0.2, -0.15) is 0 Å². The lowest BCUT2D eigenvalue weighted by Gasteiger charge is -2.26. The molecule has 184 valence electrons. The maximum Gasteiger partial charge on any atom is 0.295 e. The van der Waals surface area contributed by atoms with Gasteiger partial charge in [0.15, 0.2) is 5.76 Å². The highest BCUT2D eigenvalue weighted by molar-refractivity contribution is 6.46. The van der Waals surface area contributed by atoms with E-state index in [1.807, 2.05) is 61.5 Å². The molecule has 1 fully saturated rings. The molecule has 1 amide bonds. The van der Waals surface area contributed by atoms with Gasteiger partial charge in [0, 0.05) is 19.3 Å². The Morgan fingerprint density at radius 2 is 1.89 bits per heavy atom. The second-order valence-electron chi connectivity index (χ2n) is 9.04. The standard InChI is InChI=1S/C27H32N4O4/c1-5-6-17-35-20-12-10-19(11-13-20)24-22(26(33)27(34)31(24)16-15-29(3)4)25(32)23-18(2)28-21-9-7-8-14-30(21)23/h7-14,24,32H,5-6,15-17H2,1-4H3/b25-22+. The molecule has 1 saturated heterocycles. The number of pyridine rings is 1. The van der Waals surface area contributed by atoms with E-state index >= 15 is 0 Å². The van der Waals surface area contributed by atoms with Crippen LogP contribution in [0.15, 0.2) is 54.2 Å². The summed E-state index contributed by atoms with van der Waals surface area (Å²) in [5.41, 5.74) is 2.45. The number of likely N-dealkylation sites (tertiary alicyclic amines) is 1. The number of aliphatic hydroxyl groups is 1. The molecule has 4 rings (SSSR count). The Kier molecular flexibility index (Phi) is 7.21. The number of ether oxygens (including phenoxy) is 1. The Morgan fingerprint density at radius 3 is 2.57 bits per heavy atom. The van der Waals surface area contributed by atoms with Crippen LogP contribution in [0.4, 0.5) is 0 Å². The number of aromatic nitrogens is 2. The quantitative estimate of drug-likeness (QED) is 0.219. The maximum atomic E-state index is 13.3. The highest BCUT2D eigenvalue weighted by atomic mass is 16.5. The predicted molar refractivity (Wildman–Crippen MR) is 134 cm³/mol. The minimum atomic E-state index is -0.715. The summed E-state index contributed by atoms with van der Waals surface area (Å²) >= 11 is 0. The molecular weight excluding hydrogens is 444 g/mol. The molecule has 0 spiro atoms. The first-order valence-corrected chi connectivity index (χ1v) is 11.9. The molecule has 1 aliphatic rings. The van der Waals surface area contributed by atoms with Crippen molar-refractivity contribution in [1.29, 1.82) is 0 Å². The van der Waals surface area contributed by atoms with Gasteiger partial charge in [0.2, 0.25) is 0 Å². The first-order chi connectivity index (χ1) is 16.8. The number of likely N-dealkylation sites (N-methyl/N-ethyl adjacent to an activating group) is 1. The first kappa shape index (κ1) is 24.5. The van der Waals surface area contributed by atoms with Crippen molar-refractivity contribution in [3.8, 4) is 5.75 Å². The van der Waals surface area contributed by atoms with E-state index in [4.69, 9.17) is 4.74 Å². The van der Waals surface area contributed by atoms with Crippen LogP contribution in [-0.4, -0.2) is 69.8 Å². The Morgan fingerprint density at radius 1 is 1.14 bits per heavy atom. The topological polar surface area (TPSA) is 87.4 Å². The molecule has 3 aromatic rings. The van der Waals surface area contributed by atoms with E-state index in [1.165, 1.54) is 0 Å². The summed E-state index contributed by atoms with van der Waals surface area (Å²) in [4.78, 5) is 34.4. The third-order valence-electron chi connectivity index (χ3n) is 6.22. The van der Waals surface area contributed by atoms with Crippen molar-refractivity contribution in [3.05, 3.63) is 71.2 Å². The van der Waals surface area contributed by atoms with Gasteiger partial charge in [0.1, 0.15) is 17.1 Å². The molecule has 0 saturated carbocycles. The largest absolute Gasteiger partial charge is 0.505 e. The van der Waals surface area contributed by atoms with Crippen LogP contribution in [-0.2, 0) is 9.59 Å². The zero-order chi connectivity index (χ0) is 25.1. The van der Waals surface area contributed by atoms with Gasteiger partial charge in [-0.3, -0.25) is 14.0 Å². The lowest BCUT2D eigenvalue weighted by molar-refractivity contribution is -0.140. The minimum Gasteiger partial charge on any atom is -0.505 e. The summed E-state index contributed by atoms with van der Waals surface area (Å²) in [6, 6.07) is 12.2. The van der Waals surface area contributed by atoms with E-state index < -0.39 is 17.7 Å². The number of aryl methyl sites for hydroxylation is 1. The van der Waals surface area contributed by atoms with E-state index in [-0.39, 0.29) is 11.3 Å². The number of rotatable bonds is 9. The summed E-state index contributed by atoms with van der Waals surface area (Å²) in [7, 11) is 3.83. The molecule has 1 unspecified atom stereocenters. The second-order valence-corrected chi connectivity index (χ2v) is 9.04. The molecule has 1 aromatic carbocycles. The Bertz CT molecular complexity index is 1260. The smallest absolute Gasteiger partial charge is 0.295 e. The predicted octanol–water partition coefficient (Wildman–Crippen LogP) is 3.80. The highest BCUT2D eigenvalue weighted by Gasteiger charge is 2.46. The summed E-state index contributed by atoms with van der Waals surface area (Å²) in [6.07, 6.45) is 3.79. The van der Waals surface area contributed by atoms with Crippen molar-refractivity contribution in [3.63, 3.8) is 0 Å². The number of amides is 1. The number of benzene rings is 1. The second kappa shape index (κ2) is 10.3. The van der Waals surface area contributed by atoms with Crippen molar-refractivity contribution in [2.45, 2.75) is 32.7 Å². The van der Waals surface area contributed by atoms with Crippen LogP contribution in [0, 0.1) is 6.92 Å². The van der Waals surface area contributed by atoms with E-state index in [1.54, 1.807) is 22.4 Å². The molecule has 8 heteroatoms. The molecule has 0 bridgehead atoms. The molecule has 8 nitrogen and oxygen atoms in total.